The lowest BCUT2D eigenvalue weighted by atomic mass is 9.98. The number of ether oxygens (including phenoxy) is 2. The summed E-state index contributed by atoms with van der Waals surface area (Å²) >= 11 is 0. The highest BCUT2D eigenvalue weighted by Gasteiger charge is 2.14. The lowest BCUT2D eigenvalue weighted by Crippen LogP contribution is -2.00. The van der Waals surface area contributed by atoms with Gasteiger partial charge in [0.2, 0.25) is 0 Å². The molecule has 0 fully saturated rings. The van der Waals surface area contributed by atoms with Gasteiger partial charge < -0.3 is 15.2 Å². The summed E-state index contributed by atoms with van der Waals surface area (Å²) in [6.45, 7) is 2.95. The fourth-order valence-electron chi connectivity index (χ4n) is 3.64. The maximum absolute atomic E-state index is 9.66. The van der Waals surface area contributed by atoms with Gasteiger partial charge in [0.15, 0.2) is 0 Å². The molecule has 0 unspecified atom stereocenters. The van der Waals surface area contributed by atoms with Crippen LogP contribution in [0.4, 0.5) is 5.82 Å². The minimum Gasteiger partial charge on any atom is -0.497 e. The lowest BCUT2D eigenvalue weighted by Gasteiger charge is -2.12. The Hall–Kier alpha value is -3.52. The fraction of sp³-hybridized carbons (Fsp3) is 0.333. The van der Waals surface area contributed by atoms with Gasteiger partial charge in [-0.25, -0.2) is 4.98 Å². The number of pyridine rings is 1. The Labute approximate surface area is 190 Å². The molecule has 2 aromatic carbocycles. The van der Waals surface area contributed by atoms with Crippen LogP contribution in [0.2, 0.25) is 0 Å². The Balaban J connectivity index is 1.75. The molecule has 32 heavy (non-hydrogen) atoms. The maximum Gasteiger partial charge on any atom is 0.142 e. The maximum atomic E-state index is 9.66. The number of nitrogen functional groups attached to an aromatic ring is 1. The molecule has 0 aliphatic carbocycles. The first-order valence-electron chi connectivity index (χ1n) is 11.2. The van der Waals surface area contributed by atoms with Crippen LogP contribution >= 0.6 is 0 Å². The van der Waals surface area contributed by atoms with Crippen LogP contribution in [0.1, 0.15) is 51.0 Å². The Morgan fingerprint density at radius 3 is 2.38 bits per heavy atom. The molecule has 0 radical (unpaired) electrons. The van der Waals surface area contributed by atoms with Crippen LogP contribution in [-0.2, 0) is 0 Å². The minimum atomic E-state index is 0.214. The highest BCUT2D eigenvalue weighted by atomic mass is 16.5. The average molecular weight is 430 g/mol. The fourth-order valence-corrected chi connectivity index (χ4v) is 3.64. The van der Waals surface area contributed by atoms with Crippen molar-refractivity contribution in [3.63, 3.8) is 0 Å². The van der Waals surface area contributed by atoms with E-state index in [9.17, 15) is 5.26 Å². The van der Waals surface area contributed by atoms with Gasteiger partial charge in [0.1, 0.15) is 28.9 Å². The molecular formula is C27H31N3O2. The van der Waals surface area contributed by atoms with Gasteiger partial charge >= 0.3 is 0 Å². The molecule has 5 nitrogen and oxygen atoms in total. The van der Waals surface area contributed by atoms with Crippen molar-refractivity contribution in [2.45, 2.75) is 45.4 Å². The highest BCUT2D eigenvalue weighted by Crippen LogP contribution is 2.33. The van der Waals surface area contributed by atoms with Gasteiger partial charge in [-0.05, 0) is 42.3 Å². The summed E-state index contributed by atoms with van der Waals surface area (Å²) < 4.78 is 11.2. The predicted molar refractivity (Wildman–Crippen MR) is 130 cm³/mol. The molecule has 166 valence electrons. The molecule has 0 bridgehead atoms. The van der Waals surface area contributed by atoms with Gasteiger partial charge in [-0.1, -0.05) is 63.3 Å². The van der Waals surface area contributed by atoms with E-state index in [1.165, 1.54) is 32.1 Å². The number of nitrogens with two attached hydrogens (primary N) is 1. The van der Waals surface area contributed by atoms with Crippen molar-refractivity contribution in [2.75, 3.05) is 19.5 Å². The van der Waals surface area contributed by atoms with E-state index in [4.69, 9.17) is 15.2 Å². The van der Waals surface area contributed by atoms with E-state index in [0.717, 1.165) is 41.2 Å². The minimum absolute atomic E-state index is 0.214. The topological polar surface area (TPSA) is 81.2 Å². The zero-order chi connectivity index (χ0) is 22.8. The Morgan fingerprint density at radius 1 is 0.906 bits per heavy atom. The van der Waals surface area contributed by atoms with Crippen LogP contribution < -0.4 is 15.2 Å². The third-order valence-electron chi connectivity index (χ3n) is 5.46. The van der Waals surface area contributed by atoms with Crippen LogP contribution in [-0.4, -0.2) is 18.7 Å². The Morgan fingerprint density at radius 2 is 1.66 bits per heavy atom. The summed E-state index contributed by atoms with van der Waals surface area (Å²) in [7, 11) is 1.63. The summed E-state index contributed by atoms with van der Waals surface area (Å²) in [4.78, 5) is 4.44. The van der Waals surface area contributed by atoms with Crippen LogP contribution in [0.5, 0.6) is 11.5 Å². The van der Waals surface area contributed by atoms with Gasteiger partial charge in [-0.2, -0.15) is 5.26 Å². The largest absolute Gasteiger partial charge is 0.497 e. The van der Waals surface area contributed by atoms with Gasteiger partial charge in [-0.15, -0.1) is 0 Å². The van der Waals surface area contributed by atoms with Gasteiger partial charge in [-0.3, -0.25) is 0 Å². The van der Waals surface area contributed by atoms with Crippen molar-refractivity contribution in [3.05, 3.63) is 60.2 Å². The summed E-state index contributed by atoms with van der Waals surface area (Å²) in [5.41, 5.74) is 9.73. The molecule has 0 aliphatic rings. The molecule has 0 atom stereocenters. The summed E-state index contributed by atoms with van der Waals surface area (Å²) in [6.07, 6.45) is 7.42. The number of nitriles is 1. The number of methoxy groups -OCH3 is 1. The second kappa shape index (κ2) is 11.8. The van der Waals surface area contributed by atoms with Crippen molar-refractivity contribution in [1.29, 1.82) is 5.26 Å². The zero-order valence-corrected chi connectivity index (χ0v) is 18.9. The van der Waals surface area contributed by atoms with Crippen molar-refractivity contribution in [2.24, 2.45) is 0 Å². The Bertz CT molecular complexity index is 1060. The lowest BCUT2D eigenvalue weighted by molar-refractivity contribution is 0.304. The first-order chi connectivity index (χ1) is 15.7. The van der Waals surface area contributed by atoms with Crippen LogP contribution in [0.3, 0.4) is 0 Å². The van der Waals surface area contributed by atoms with Crippen LogP contribution in [0.25, 0.3) is 22.4 Å². The average Bonchev–Trinajstić information content (AvgIpc) is 2.83. The van der Waals surface area contributed by atoms with Crippen molar-refractivity contribution in [3.8, 4) is 40.0 Å². The normalized spacial score (nSPS) is 10.5. The van der Waals surface area contributed by atoms with Gasteiger partial charge in [0.05, 0.1) is 19.4 Å². The summed E-state index contributed by atoms with van der Waals surface area (Å²) in [5.74, 6) is 1.78. The third kappa shape index (κ3) is 6.01. The van der Waals surface area contributed by atoms with E-state index < -0.39 is 0 Å². The molecule has 5 heteroatoms. The van der Waals surface area contributed by atoms with Crippen molar-refractivity contribution >= 4 is 5.82 Å². The standard InChI is InChI=1S/C27H31N3O2/c1-3-4-5-6-7-8-16-32-22-14-12-20(13-15-22)24-18-26(30-27(29)25(24)19-28)21-10-9-11-23(17-21)31-2/h9-15,17-18H,3-8,16H2,1-2H3,(H2,29,30). The quantitative estimate of drug-likeness (QED) is 0.347. The highest BCUT2D eigenvalue weighted by molar-refractivity contribution is 5.80. The molecule has 0 aliphatic heterocycles. The van der Waals surface area contributed by atoms with Gasteiger partial charge in [0.25, 0.3) is 0 Å². The molecule has 0 saturated heterocycles. The number of unbranched alkanes of at least 4 members (excludes halogenated alkanes) is 5. The number of hydrogen-bond acceptors (Lipinski definition) is 5. The van der Waals surface area contributed by atoms with E-state index in [-0.39, 0.29) is 5.82 Å². The van der Waals surface area contributed by atoms with E-state index in [1.54, 1.807) is 7.11 Å². The third-order valence-corrected chi connectivity index (χ3v) is 5.46. The molecule has 3 rings (SSSR count). The van der Waals surface area contributed by atoms with E-state index in [1.807, 2.05) is 54.6 Å². The molecule has 3 aromatic rings. The van der Waals surface area contributed by atoms with Crippen molar-refractivity contribution < 1.29 is 9.47 Å². The number of nitrogens with zero attached hydrogens (tertiary/aromatic N) is 2. The molecule has 1 heterocycles. The monoisotopic (exact) mass is 429 g/mol. The summed E-state index contributed by atoms with van der Waals surface area (Å²) in [6, 6.07) is 19.5. The molecule has 1 aromatic heterocycles. The second-order valence-electron chi connectivity index (χ2n) is 7.80. The van der Waals surface area contributed by atoms with Crippen LogP contribution in [0, 0.1) is 11.3 Å². The molecule has 0 amide bonds. The molecule has 0 saturated carbocycles. The van der Waals surface area contributed by atoms with E-state index in [2.05, 4.69) is 18.0 Å². The number of benzene rings is 2. The molecule has 2 N–H and O–H groups in total. The second-order valence-corrected chi connectivity index (χ2v) is 7.80. The molecule has 0 spiro atoms. The molecular weight excluding hydrogens is 398 g/mol. The van der Waals surface area contributed by atoms with E-state index in [0.29, 0.717) is 11.3 Å². The number of rotatable bonds is 11. The first kappa shape index (κ1) is 23.1. The smallest absolute Gasteiger partial charge is 0.142 e. The number of aromatic nitrogens is 1. The number of anilines is 1. The first-order valence-corrected chi connectivity index (χ1v) is 11.2. The Kier molecular flexibility index (Phi) is 8.51. The summed E-state index contributed by atoms with van der Waals surface area (Å²) in [5, 5.41) is 9.66. The predicted octanol–water partition coefficient (Wildman–Crippen LogP) is 6.62. The van der Waals surface area contributed by atoms with Crippen LogP contribution in [0.15, 0.2) is 54.6 Å². The van der Waals surface area contributed by atoms with Crippen molar-refractivity contribution in [1.82, 2.24) is 4.98 Å². The zero-order valence-electron chi connectivity index (χ0n) is 18.9. The SMILES string of the molecule is CCCCCCCCOc1ccc(-c2cc(-c3cccc(OC)c3)nc(N)c2C#N)cc1. The number of hydrogen-bond donors (Lipinski definition) is 1. The van der Waals surface area contributed by atoms with E-state index >= 15 is 0 Å². The van der Waals surface area contributed by atoms with Gasteiger partial charge in [0, 0.05) is 11.1 Å².